The number of nitrogens with one attached hydrogen (secondary N) is 1. The normalized spacial score (nSPS) is 22.1. The molecule has 214 valence electrons. The van der Waals surface area contributed by atoms with Gasteiger partial charge in [0.1, 0.15) is 11.5 Å². The van der Waals surface area contributed by atoms with Crippen LogP contribution < -0.4 is 15.2 Å². The zero-order valence-electron chi connectivity index (χ0n) is 23.4. The van der Waals surface area contributed by atoms with E-state index in [1.54, 1.807) is 0 Å². The van der Waals surface area contributed by atoms with Crippen molar-refractivity contribution in [1.29, 1.82) is 0 Å². The van der Waals surface area contributed by atoms with Gasteiger partial charge >= 0.3 is 5.97 Å². The molecule has 1 aromatic heterocycles. The summed E-state index contributed by atoms with van der Waals surface area (Å²) in [4.78, 5) is 31.9. The fraction of sp³-hybridized carbons (Fsp3) is 0.294. The first-order valence-corrected chi connectivity index (χ1v) is 14.5. The number of hydrogen-bond acceptors (Lipinski definition) is 6. The Kier molecular flexibility index (Phi) is 6.50. The van der Waals surface area contributed by atoms with Crippen LogP contribution in [-0.2, 0) is 13.1 Å². The van der Waals surface area contributed by atoms with Crippen LogP contribution in [0.2, 0.25) is 0 Å². The summed E-state index contributed by atoms with van der Waals surface area (Å²) in [6.45, 7) is 5.86. The van der Waals surface area contributed by atoms with E-state index >= 15 is 0 Å². The number of hydrogen-bond donors (Lipinski definition) is 3. The number of aromatic nitrogens is 1. The van der Waals surface area contributed by atoms with Crippen LogP contribution >= 0.6 is 0 Å². The Morgan fingerprint density at radius 1 is 0.976 bits per heavy atom. The van der Waals surface area contributed by atoms with Crippen LogP contribution in [-0.4, -0.2) is 51.8 Å². The summed E-state index contributed by atoms with van der Waals surface area (Å²) in [6, 6.07) is 27.8. The van der Waals surface area contributed by atoms with Crippen molar-refractivity contribution >= 4 is 11.7 Å². The van der Waals surface area contributed by atoms with Gasteiger partial charge in [0.15, 0.2) is 5.56 Å². The zero-order chi connectivity index (χ0) is 29.0. The Morgan fingerprint density at radius 3 is 2.19 bits per heavy atom. The quantitative estimate of drug-likeness (QED) is 0.288. The van der Waals surface area contributed by atoms with Crippen molar-refractivity contribution in [2.75, 3.05) is 24.6 Å². The molecular weight excluding hydrogens is 530 g/mol. The van der Waals surface area contributed by atoms with Gasteiger partial charge in [-0.05, 0) is 35.1 Å². The smallest absolute Gasteiger partial charge is 0.345 e. The van der Waals surface area contributed by atoms with Gasteiger partial charge in [0.2, 0.25) is 0 Å². The molecule has 3 aliphatic rings. The second-order valence-electron chi connectivity index (χ2n) is 11.8. The van der Waals surface area contributed by atoms with Crippen molar-refractivity contribution in [3.63, 3.8) is 0 Å². The van der Waals surface area contributed by atoms with Gasteiger partial charge in [-0.1, -0.05) is 67.6 Å². The average Bonchev–Trinajstić information content (AvgIpc) is 3.52. The van der Waals surface area contributed by atoms with Crippen LogP contribution in [0.5, 0.6) is 11.5 Å². The Hall–Kier alpha value is -4.56. The molecule has 42 heavy (non-hydrogen) atoms. The Bertz CT molecular complexity index is 1650. The van der Waals surface area contributed by atoms with Gasteiger partial charge in [-0.25, -0.2) is 4.79 Å². The molecule has 1 aliphatic carbocycles. The highest BCUT2D eigenvalue weighted by Gasteiger charge is 2.58. The van der Waals surface area contributed by atoms with E-state index in [9.17, 15) is 19.8 Å². The second kappa shape index (κ2) is 10.4. The summed E-state index contributed by atoms with van der Waals surface area (Å²) >= 11 is 0. The van der Waals surface area contributed by atoms with E-state index in [-0.39, 0.29) is 12.5 Å². The number of aromatic amines is 1. The molecule has 0 bridgehead atoms. The molecule has 4 atom stereocenters. The van der Waals surface area contributed by atoms with Gasteiger partial charge in [0, 0.05) is 61.0 Å². The van der Waals surface area contributed by atoms with E-state index < -0.39 is 22.8 Å². The van der Waals surface area contributed by atoms with Crippen molar-refractivity contribution in [2.45, 2.75) is 32.0 Å². The number of piperidine rings is 1. The average molecular weight is 564 g/mol. The van der Waals surface area contributed by atoms with Crippen LogP contribution in [0.25, 0.3) is 11.3 Å². The Morgan fingerprint density at radius 2 is 1.60 bits per heavy atom. The third-order valence-corrected chi connectivity index (χ3v) is 9.05. The number of carboxylic acid groups (broad SMARTS) is 1. The predicted octanol–water partition coefficient (Wildman–Crippen LogP) is 5.08. The molecule has 8 heteroatoms. The number of H-pyrrole nitrogens is 1. The topological polar surface area (TPSA) is 106 Å². The van der Waals surface area contributed by atoms with Gasteiger partial charge in [-0.2, -0.15) is 0 Å². The molecule has 3 aromatic carbocycles. The van der Waals surface area contributed by atoms with E-state index in [2.05, 4.69) is 75.4 Å². The van der Waals surface area contributed by atoms with E-state index in [4.69, 9.17) is 4.74 Å². The van der Waals surface area contributed by atoms with Gasteiger partial charge < -0.3 is 24.8 Å². The largest absolute Gasteiger partial charge is 0.506 e. The van der Waals surface area contributed by atoms with Crippen LogP contribution in [0.1, 0.15) is 39.9 Å². The van der Waals surface area contributed by atoms with Gasteiger partial charge in [-0.15, -0.1) is 0 Å². The molecule has 7 rings (SSSR count). The Labute approximate surface area is 243 Å². The molecule has 1 saturated carbocycles. The lowest BCUT2D eigenvalue weighted by molar-refractivity contribution is 0.0691. The number of ether oxygens (including phenoxy) is 1. The van der Waals surface area contributed by atoms with Crippen molar-refractivity contribution < 1.29 is 19.7 Å². The van der Waals surface area contributed by atoms with E-state index in [0.717, 1.165) is 31.9 Å². The number of benzene rings is 3. The standard InChI is InChI=1S/C34H33N3O5/c1-20-19-42-27-14-23(12-13-24(27)30-28(20)32(38)29(34(40)41)33(39)35-30)36-17-25-26(18-36)31(25)37(15-21-8-4-2-5-9-21)16-22-10-6-3-7-11-22/h2-14,20,25-26,31H,15-19H2,1H3,(H,40,41)(H2,35,38,39)/t20?,25-,26?,31?/m0/s1. The molecule has 0 spiro atoms. The number of rotatable bonds is 7. The minimum atomic E-state index is -1.46. The van der Waals surface area contributed by atoms with Crippen molar-refractivity contribution in [3.05, 3.63) is 111 Å². The molecule has 3 unspecified atom stereocenters. The molecule has 0 amide bonds. The van der Waals surface area contributed by atoms with Gasteiger partial charge in [-0.3, -0.25) is 9.69 Å². The molecule has 2 fully saturated rings. The SMILES string of the molecule is CC1COc2cc(N3CC4C(N(Cc5ccccc5)Cc5ccccc5)[C@H]4C3)ccc2-c2[nH]c(=O)c(C(=O)O)c(O)c21. The maximum absolute atomic E-state index is 12.6. The summed E-state index contributed by atoms with van der Waals surface area (Å²) < 4.78 is 6.15. The maximum Gasteiger partial charge on any atom is 0.345 e. The van der Waals surface area contributed by atoms with E-state index in [1.807, 2.05) is 25.1 Å². The summed E-state index contributed by atoms with van der Waals surface area (Å²) in [6.07, 6.45) is 0. The monoisotopic (exact) mass is 563 g/mol. The number of aromatic hydroxyl groups is 1. The number of fused-ring (bicyclic) bond motifs is 4. The lowest BCUT2D eigenvalue weighted by Gasteiger charge is -2.29. The van der Waals surface area contributed by atoms with Crippen LogP contribution in [0, 0.1) is 11.8 Å². The number of nitrogens with zero attached hydrogens (tertiary/aromatic N) is 2. The highest BCUT2D eigenvalue weighted by molar-refractivity contribution is 5.92. The van der Waals surface area contributed by atoms with Crippen molar-refractivity contribution in [3.8, 4) is 22.8 Å². The molecule has 2 aliphatic heterocycles. The third kappa shape index (κ3) is 4.61. The molecule has 3 N–H and O–H groups in total. The minimum absolute atomic E-state index is 0.253. The highest BCUT2D eigenvalue weighted by atomic mass is 16.5. The number of aromatic carboxylic acids is 1. The highest BCUT2D eigenvalue weighted by Crippen LogP contribution is 2.52. The Balaban J connectivity index is 1.12. The van der Waals surface area contributed by atoms with Gasteiger partial charge in [0.25, 0.3) is 5.56 Å². The number of carboxylic acids is 1. The molecule has 8 nitrogen and oxygen atoms in total. The summed E-state index contributed by atoms with van der Waals surface area (Å²) in [5, 5.41) is 20.2. The van der Waals surface area contributed by atoms with Crippen LogP contribution in [0.4, 0.5) is 5.69 Å². The molecular formula is C34H33N3O5. The fourth-order valence-electron chi connectivity index (χ4n) is 6.98. The lowest BCUT2D eigenvalue weighted by Crippen LogP contribution is -2.34. The summed E-state index contributed by atoms with van der Waals surface area (Å²) in [5.74, 6) is -0.479. The van der Waals surface area contributed by atoms with Gasteiger partial charge in [0.05, 0.1) is 12.3 Å². The van der Waals surface area contributed by atoms with E-state index in [1.165, 1.54) is 11.1 Å². The van der Waals surface area contributed by atoms with Crippen molar-refractivity contribution in [1.82, 2.24) is 9.88 Å². The fourth-order valence-corrected chi connectivity index (χ4v) is 6.98. The minimum Gasteiger partial charge on any atom is -0.506 e. The molecule has 0 radical (unpaired) electrons. The molecule has 4 aromatic rings. The molecule has 3 heterocycles. The predicted molar refractivity (Wildman–Crippen MR) is 160 cm³/mol. The van der Waals surface area contributed by atoms with Crippen molar-refractivity contribution in [2.24, 2.45) is 11.8 Å². The van der Waals surface area contributed by atoms with Crippen LogP contribution in [0.3, 0.4) is 0 Å². The maximum atomic E-state index is 12.6. The lowest BCUT2D eigenvalue weighted by atomic mass is 9.94. The van der Waals surface area contributed by atoms with Crippen LogP contribution in [0.15, 0.2) is 83.7 Å². The van der Waals surface area contributed by atoms with E-state index in [0.29, 0.717) is 40.4 Å². The second-order valence-corrected chi connectivity index (χ2v) is 11.8. The first-order valence-electron chi connectivity index (χ1n) is 14.5. The summed E-state index contributed by atoms with van der Waals surface area (Å²) in [7, 11) is 0. The molecule has 1 saturated heterocycles. The summed E-state index contributed by atoms with van der Waals surface area (Å²) in [5.41, 5.74) is 3.68. The third-order valence-electron chi connectivity index (χ3n) is 9.05. The number of pyridine rings is 1. The number of carbonyl (C=O) groups is 1. The first kappa shape index (κ1) is 26.3. The zero-order valence-corrected chi connectivity index (χ0v) is 23.4. The number of anilines is 1. The first-order chi connectivity index (χ1) is 20.4.